The van der Waals surface area contributed by atoms with E-state index in [1.165, 1.54) is 0 Å². The van der Waals surface area contributed by atoms with E-state index in [0.29, 0.717) is 6.04 Å². The van der Waals surface area contributed by atoms with Crippen molar-refractivity contribution in [3.05, 3.63) is 30.2 Å². The lowest BCUT2D eigenvalue weighted by Gasteiger charge is -2.40. The monoisotopic (exact) mass is 342 g/mol. The van der Waals surface area contributed by atoms with Crippen LogP contribution in [0, 0.1) is 0 Å². The number of rotatable bonds is 4. The van der Waals surface area contributed by atoms with Crippen LogP contribution in [0.2, 0.25) is 0 Å². The van der Waals surface area contributed by atoms with E-state index in [1.807, 2.05) is 24.3 Å². The van der Waals surface area contributed by atoms with E-state index in [-0.39, 0.29) is 18.0 Å². The van der Waals surface area contributed by atoms with E-state index in [2.05, 4.69) is 21.7 Å². The lowest BCUT2D eigenvalue weighted by atomic mass is 10.0. The molecule has 2 N–H and O–H groups in total. The summed E-state index contributed by atoms with van der Waals surface area (Å²) in [7, 11) is 0. The average molecular weight is 342 g/mol. The maximum atomic E-state index is 11.6. The van der Waals surface area contributed by atoms with Crippen LogP contribution in [0.1, 0.15) is 44.5 Å². The summed E-state index contributed by atoms with van der Waals surface area (Å²) in [6, 6.07) is 8.46. The molecule has 0 aliphatic carbocycles. The van der Waals surface area contributed by atoms with Gasteiger partial charge in [-0.1, -0.05) is 12.1 Å². The molecule has 0 bridgehead atoms. The number of oxazole rings is 1. The van der Waals surface area contributed by atoms with E-state index in [9.17, 15) is 4.79 Å². The molecule has 3 heterocycles. The van der Waals surface area contributed by atoms with Crippen molar-refractivity contribution in [2.24, 2.45) is 5.73 Å². The molecule has 25 heavy (non-hydrogen) atoms. The minimum Gasteiger partial charge on any atom is -0.439 e. The number of nitrogens with zero attached hydrogens (tertiary/aromatic N) is 3. The number of benzene rings is 1. The number of hydrogen-bond donors (Lipinski definition) is 1. The number of likely N-dealkylation sites (tertiary alicyclic amines) is 2. The smallest absolute Gasteiger partial charge is 0.234 e. The van der Waals surface area contributed by atoms with E-state index in [0.717, 1.165) is 62.3 Å². The number of primary amides is 1. The summed E-state index contributed by atoms with van der Waals surface area (Å²) < 4.78 is 5.93. The maximum absolute atomic E-state index is 11.6. The van der Waals surface area contributed by atoms with Gasteiger partial charge >= 0.3 is 0 Å². The van der Waals surface area contributed by atoms with Crippen LogP contribution in [0.25, 0.3) is 11.1 Å². The zero-order valence-corrected chi connectivity index (χ0v) is 14.7. The molecule has 2 saturated heterocycles. The number of piperidine rings is 1. The first-order valence-corrected chi connectivity index (χ1v) is 9.28. The molecular weight excluding hydrogens is 316 g/mol. The van der Waals surface area contributed by atoms with Gasteiger partial charge in [-0.2, -0.15) is 0 Å². The Balaban J connectivity index is 1.40. The van der Waals surface area contributed by atoms with Crippen LogP contribution in [0.5, 0.6) is 0 Å². The van der Waals surface area contributed by atoms with Gasteiger partial charge in [-0.25, -0.2) is 4.98 Å². The molecule has 1 aromatic carbocycles. The quantitative estimate of drug-likeness (QED) is 0.923. The summed E-state index contributed by atoms with van der Waals surface area (Å²) in [6.07, 6.45) is 4.12. The predicted molar refractivity (Wildman–Crippen MR) is 95.9 cm³/mol. The zero-order chi connectivity index (χ0) is 17.4. The van der Waals surface area contributed by atoms with Crippen LogP contribution in [-0.4, -0.2) is 52.4 Å². The summed E-state index contributed by atoms with van der Waals surface area (Å²) in [6.45, 7) is 5.14. The summed E-state index contributed by atoms with van der Waals surface area (Å²) >= 11 is 0. The fourth-order valence-corrected chi connectivity index (χ4v) is 4.36. The first-order chi connectivity index (χ1) is 12.1. The maximum Gasteiger partial charge on any atom is 0.234 e. The third kappa shape index (κ3) is 3.16. The van der Waals surface area contributed by atoms with Gasteiger partial charge in [-0.3, -0.25) is 14.6 Å². The second-order valence-electron chi connectivity index (χ2n) is 7.26. The number of nitrogens with two attached hydrogens (primary N) is 1. The van der Waals surface area contributed by atoms with Gasteiger partial charge in [0, 0.05) is 19.1 Å². The van der Waals surface area contributed by atoms with Crippen molar-refractivity contribution in [3.63, 3.8) is 0 Å². The van der Waals surface area contributed by atoms with Crippen molar-refractivity contribution in [1.29, 1.82) is 0 Å². The third-order valence-corrected chi connectivity index (χ3v) is 5.81. The Morgan fingerprint density at radius 1 is 1.24 bits per heavy atom. The Labute approximate surface area is 148 Å². The average Bonchev–Trinajstić information content (AvgIpc) is 3.28. The van der Waals surface area contributed by atoms with Gasteiger partial charge < -0.3 is 10.2 Å². The molecule has 1 aromatic heterocycles. The molecule has 6 nitrogen and oxygen atoms in total. The molecule has 2 atom stereocenters. The molecule has 2 aliphatic heterocycles. The highest BCUT2D eigenvalue weighted by Crippen LogP contribution is 2.30. The standard InChI is InChI=1S/C19H26N4O2/c1-13(19-21-15-5-2-3-7-17(15)25-19)22-11-8-14(9-12-22)23-10-4-6-16(23)18(20)24/h2-3,5,7,13-14,16H,4,6,8-12H2,1H3,(H2,20,24). The lowest BCUT2D eigenvalue weighted by molar-refractivity contribution is -0.123. The summed E-state index contributed by atoms with van der Waals surface area (Å²) in [5.41, 5.74) is 7.34. The van der Waals surface area contributed by atoms with Crippen LogP contribution in [0.4, 0.5) is 0 Å². The van der Waals surface area contributed by atoms with Crippen LogP contribution in [-0.2, 0) is 4.79 Å². The Hall–Kier alpha value is -1.92. The van der Waals surface area contributed by atoms with E-state index >= 15 is 0 Å². The van der Waals surface area contributed by atoms with Crippen molar-refractivity contribution >= 4 is 17.0 Å². The van der Waals surface area contributed by atoms with E-state index < -0.39 is 0 Å². The van der Waals surface area contributed by atoms with Gasteiger partial charge in [0.05, 0.1) is 12.1 Å². The number of hydrogen-bond acceptors (Lipinski definition) is 5. The third-order valence-electron chi connectivity index (χ3n) is 5.81. The minimum absolute atomic E-state index is 0.0639. The number of para-hydroxylation sites is 2. The summed E-state index contributed by atoms with van der Waals surface area (Å²) in [4.78, 5) is 21.1. The topological polar surface area (TPSA) is 75.6 Å². The largest absolute Gasteiger partial charge is 0.439 e. The Morgan fingerprint density at radius 2 is 2.00 bits per heavy atom. The Morgan fingerprint density at radius 3 is 2.72 bits per heavy atom. The molecule has 4 rings (SSSR count). The number of aromatic nitrogens is 1. The van der Waals surface area contributed by atoms with Crippen LogP contribution < -0.4 is 5.73 Å². The number of carbonyl (C=O) groups is 1. The number of fused-ring (bicyclic) bond motifs is 1. The lowest BCUT2D eigenvalue weighted by Crippen LogP contribution is -2.50. The molecule has 0 spiro atoms. The van der Waals surface area contributed by atoms with Gasteiger partial charge in [-0.05, 0) is 51.3 Å². The Bertz CT molecular complexity index is 718. The highest BCUT2D eigenvalue weighted by atomic mass is 16.3. The van der Waals surface area contributed by atoms with E-state index in [1.54, 1.807) is 0 Å². The second-order valence-corrected chi connectivity index (χ2v) is 7.26. The second kappa shape index (κ2) is 6.77. The molecule has 0 radical (unpaired) electrons. The van der Waals surface area contributed by atoms with Gasteiger partial charge in [0.15, 0.2) is 5.58 Å². The predicted octanol–water partition coefficient (Wildman–Crippen LogP) is 2.30. The van der Waals surface area contributed by atoms with Gasteiger partial charge in [0.1, 0.15) is 5.52 Å². The van der Waals surface area contributed by atoms with Gasteiger partial charge in [0.2, 0.25) is 11.8 Å². The normalized spacial score (nSPS) is 24.8. The molecule has 0 saturated carbocycles. The molecule has 1 amide bonds. The van der Waals surface area contributed by atoms with Crippen molar-refractivity contribution in [2.75, 3.05) is 19.6 Å². The van der Waals surface area contributed by atoms with Crippen molar-refractivity contribution in [1.82, 2.24) is 14.8 Å². The van der Waals surface area contributed by atoms with Crippen molar-refractivity contribution in [3.8, 4) is 0 Å². The highest BCUT2D eigenvalue weighted by Gasteiger charge is 2.36. The molecule has 2 aliphatic rings. The molecule has 2 aromatic rings. The van der Waals surface area contributed by atoms with Crippen molar-refractivity contribution in [2.45, 2.75) is 50.7 Å². The first-order valence-electron chi connectivity index (χ1n) is 9.28. The molecule has 6 heteroatoms. The number of carbonyl (C=O) groups excluding carboxylic acids is 1. The summed E-state index contributed by atoms with van der Waals surface area (Å²) in [5.74, 6) is 0.621. The van der Waals surface area contributed by atoms with Gasteiger partial charge in [0.25, 0.3) is 0 Å². The molecule has 134 valence electrons. The minimum atomic E-state index is -0.167. The highest BCUT2D eigenvalue weighted by molar-refractivity contribution is 5.80. The fraction of sp³-hybridized carbons (Fsp3) is 0.579. The van der Waals surface area contributed by atoms with Crippen LogP contribution in [0.15, 0.2) is 28.7 Å². The van der Waals surface area contributed by atoms with E-state index in [4.69, 9.17) is 10.2 Å². The SMILES string of the molecule is CC(c1nc2ccccc2o1)N1CCC(N2CCCC2C(N)=O)CC1. The molecule has 2 unspecified atom stereocenters. The van der Waals surface area contributed by atoms with Crippen LogP contribution >= 0.6 is 0 Å². The van der Waals surface area contributed by atoms with Crippen LogP contribution in [0.3, 0.4) is 0 Å². The fourth-order valence-electron chi connectivity index (χ4n) is 4.36. The number of amides is 1. The molecule has 2 fully saturated rings. The molecular formula is C19H26N4O2. The zero-order valence-electron chi connectivity index (χ0n) is 14.7. The van der Waals surface area contributed by atoms with Crippen molar-refractivity contribution < 1.29 is 9.21 Å². The van der Waals surface area contributed by atoms with Gasteiger partial charge in [-0.15, -0.1) is 0 Å². The first kappa shape index (κ1) is 16.5. The summed E-state index contributed by atoms with van der Waals surface area (Å²) in [5, 5.41) is 0. The Kier molecular flexibility index (Phi) is 4.48.